The van der Waals surface area contributed by atoms with Crippen molar-refractivity contribution in [2.24, 2.45) is 0 Å². The van der Waals surface area contributed by atoms with Gasteiger partial charge in [-0.25, -0.2) is 0 Å². The fourth-order valence-corrected chi connectivity index (χ4v) is 3.12. The van der Waals surface area contributed by atoms with Crippen molar-refractivity contribution in [2.45, 2.75) is 6.92 Å². The van der Waals surface area contributed by atoms with E-state index in [2.05, 4.69) is 26.7 Å². The van der Waals surface area contributed by atoms with Crippen LogP contribution in [0.3, 0.4) is 0 Å². The van der Waals surface area contributed by atoms with Gasteiger partial charge in [-0.2, -0.15) is 10.9 Å². The Morgan fingerprint density at radius 3 is 3.00 bits per heavy atom. The number of thiol groups is 1. The maximum absolute atomic E-state index is 10.4. The van der Waals surface area contributed by atoms with Crippen LogP contribution in [0.4, 0.5) is 0 Å². The standard InChI is InChI=1S/C7H9BrO2S/c1-6(9)10-5-11-3-2-7(8)4-11/h2-4,11H,5H2,1H3. The van der Waals surface area contributed by atoms with Gasteiger partial charge < -0.3 is 4.74 Å². The fourth-order valence-electron chi connectivity index (χ4n) is 0.657. The van der Waals surface area contributed by atoms with Gasteiger partial charge in [0, 0.05) is 11.4 Å². The molecule has 1 unspecified atom stereocenters. The molecule has 0 aromatic carbocycles. The molecule has 0 bridgehead atoms. The van der Waals surface area contributed by atoms with Crippen molar-refractivity contribution in [2.75, 3.05) is 5.94 Å². The van der Waals surface area contributed by atoms with E-state index in [9.17, 15) is 4.79 Å². The van der Waals surface area contributed by atoms with Crippen LogP contribution in [0.1, 0.15) is 6.92 Å². The summed E-state index contributed by atoms with van der Waals surface area (Å²) in [6, 6.07) is 0. The summed E-state index contributed by atoms with van der Waals surface area (Å²) < 4.78 is 5.93. The predicted molar refractivity (Wildman–Crippen MR) is 51.8 cm³/mol. The molecule has 0 radical (unpaired) electrons. The van der Waals surface area contributed by atoms with Crippen LogP contribution in [0.15, 0.2) is 21.4 Å². The molecular formula is C7H9BrO2S. The van der Waals surface area contributed by atoms with Crippen LogP contribution >= 0.6 is 26.8 Å². The van der Waals surface area contributed by atoms with Crippen LogP contribution in [-0.2, 0) is 9.53 Å². The molecule has 0 fully saturated rings. The number of carbonyl (C=O) groups is 1. The van der Waals surface area contributed by atoms with Crippen molar-refractivity contribution in [3.8, 4) is 0 Å². The Balaban J connectivity index is 2.30. The lowest BCUT2D eigenvalue weighted by atomic mass is 10.6. The zero-order valence-corrected chi connectivity index (χ0v) is 8.56. The van der Waals surface area contributed by atoms with Gasteiger partial charge in [0.25, 0.3) is 0 Å². The summed E-state index contributed by atoms with van der Waals surface area (Å²) in [6.45, 7) is 1.42. The van der Waals surface area contributed by atoms with Crippen molar-refractivity contribution in [3.05, 3.63) is 21.4 Å². The van der Waals surface area contributed by atoms with Crippen LogP contribution in [0.2, 0.25) is 0 Å². The molecule has 0 saturated carbocycles. The molecule has 0 aromatic rings. The van der Waals surface area contributed by atoms with Gasteiger partial charge in [-0.05, 0) is 16.9 Å². The van der Waals surface area contributed by atoms with E-state index in [0.29, 0.717) is 5.94 Å². The van der Waals surface area contributed by atoms with E-state index < -0.39 is 0 Å². The summed E-state index contributed by atoms with van der Waals surface area (Å²) >= 11 is 3.34. The highest BCUT2D eigenvalue weighted by Crippen LogP contribution is 2.37. The summed E-state index contributed by atoms with van der Waals surface area (Å²) in [6.07, 6.45) is 1.98. The van der Waals surface area contributed by atoms with Crippen LogP contribution in [0.5, 0.6) is 0 Å². The minimum Gasteiger partial charge on any atom is -0.456 e. The second kappa shape index (κ2) is 3.97. The van der Waals surface area contributed by atoms with Gasteiger partial charge in [0.05, 0.1) is 0 Å². The summed E-state index contributed by atoms with van der Waals surface area (Å²) in [4.78, 5) is 10.4. The first-order valence-corrected chi connectivity index (χ1v) is 5.59. The average molecular weight is 237 g/mol. The van der Waals surface area contributed by atoms with Gasteiger partial charge in [-0.1, -0.05) is 15.9 Å². The first-order chi connectivity index (χ1) is 5.18. The second-order valence-corrected chi connectivity index (χ2v) is 4.87. The maximum Gasteiger partial charge on any atom is 0.303 e. The molecular weight excluding hydrogens is 228 g/mol. The molecule has 0 spiro atoms. The molecule has 1 aliphatic rings. The molecule has 0 N–H and O–H groups in total. The quantitative estimate of drug-likeness (QED) is 0.589. The van der Waals surface area contributed by atoms with E-state index in [1.807, 2.05) is 6.08 Å². The summed E-state index contributed by atoms with van der Waals surface area (Å²) in [5.74, 6) is 0.299. The number of halogens is 1. The third kappa shape index (κ3) is 3.12. The average Bonchev–Trinajstić information content (AvgIpc) is 2.31. The lowest BCUT2D eigenvalue weighted by molar-refractivity contribution is -0.138. The Labute approximate surface area is 76.8 Å². The van der Waals surface area contributed by atoms with E-state index in [1.54, 1.807) is 0 Å². The van der Waals surface area contributed by atoms with Crippen molar-refractivity contribution >= 4 is 32.8 Å². The SMILES string of the molecule is CC(=O)OC[SH]1C=CC(Br)=C1. The van der Waals surface area contributed by atoms with Gasteiger partial charge in [0.2, 0.25) is 0 Å². The normalized spacial score (nSPS) is 24.9. The van der Waals surface area contributed by atoms with Crippen LogP contribution in [0, 0.1) is 0 Å². The Kier molecular flexibility index (Phi) is 3.20. The first kappa shape index (κ1) is 8.87. The molecule has 1 atom stereocenters. The lowest BCUT2D eigenvalue weighted by Gasteiger charge is -2.08. The summed E-state index contributed by atoms with van der Waals surface area (Å²) in [5.41, 5.74) is 0. The highest BCUT2D eigenvalue weighted by Gasteiger charge is 2.04. The molecule has 1 aliphatic heterocycles. The van der Waals surface area contributed by atoms with E-state index >= 15 is 0 Å². The number of ether oxygens (including phenoxy) is 1. The number of rotatable bonds is 2. The predicted octanol–water partition coefficient (Wildman–Crippen LogP) is 2.27. The zero-order valence-electron chi connectivity index (χ0n) is 6.08. The minimum atomic E-state index is -0.349. The fraction of sp³-hybridized carbons (Fsp3) is 0.286. The van der Waals surface area contributed by atoms with Gasteiger partial charge in [0.1, 0.15) is 5.94 Å². The summed E-state index contributed by atoms with van der Waals surface area (Å²) in [5, 5.41) is 4.13. The maximum atomic E-state index is 10.4. The van der Waals surface area contributed by atoms with Crippen LogP contribution < -0.4 is 0 Å². The molecule has 0 amide bonds. The molecule has 0 saturated heterocycles. The number of hydrogen-bond acceptors (Lipinski definition) is 2. The number of allylic oxidation sites excluding steroid dienone is 2. The Bertz CT molecular complexity index is 222. The number of esters is 1. The minimum absolute atomic E-state index is 0.211. The second-order valence-electron chi connectivity index (χ2n) is 2.11. The largest absolute Gasteiger partial charge is 0.456 e. The molecule has 1 heterocycles. The third-order valence-electron chi connectivity index (χ3n) is 1.13. The van der Waals surface area contributed by atoms with E-state index in [0.717, 1.165) is 4.48 Å². The number of hydrogen-bond donors (Lipinski definition) is 1. The highest BCUT2D eigenvalue weighted by molar-refractivity contribution is 9.12. The summed E-state index contributed by atoms with van der Waals surface area (Å²) in [7, 11) is -0.349. The van der Waals surface area contributed by atoms with Crippen molar-refractivity contribution < 1.29 is 9.53 Å². The van der Waals surface area contributed by atoms with Gasteiger partial charge in [0.15, 0.2) is 0 Å². The van der Waals surface area contributed by atoms with E-state index in [1.165, 1.54) is 6.92 Å². The number of carbonyl (C=O) groups excluding carboxylic acids is 1. The van der Waals surface area contributed by atoms with E-state index in [-0.39, 0.29) is 16.9 Å². The van der Waals surface area contributed by atoms with E-state index in [4.69, 9.17) is 4.74 Å². The Hall–Kier alpha value is -0.220. The Morgan fingerprint density at radius 1 is 1.82 bits per heavy atom. The molecule has 4 heteroatoms. The molecule has 0 aromatic heterocycles. The monoisotopic (exact) mass is 236 g/mol. The van der Waals surface area contributed by atoms with Crippen molar-refractivity contribution in [1.82, 2.24) is 0 Å². The molecule has 0 aliphatic carbocycles. The van der Waals surface area contributed by atoms with Gasteiger partial charge in [-0.15, -0.1) is 0 Å². The molecule has 62 valence electrons. The van der Waals surface area contributed by atoms with Crippen LogP contribution in [0.25, 0.3) is 0 Å². The van der Waals surface area contributed by atoms with Gasteiger partial charge >= 0.3 is 5.97 Å². The van der Waals surface area contributed by atoms with Crippen molar-refractivity contribution in [1.29, 1.82) is 0 Å². The lowest BCUT2D eigenvalue weighted by Crippen LogP contribution is -1.98. The van der Waals surface area contributed by atoms with Crippen molar-refractivity contribution in [3.63, 3.8) is 0 Å². The molecule has 2 nitrogen and oxygen atoms in total. The smallest absolute Gasteiger partial charge is 0.303 e. The third-order valence-corrected chi connectivity index (χ3v) is 3.55. The van der Waals surface area contributed by atoms with Crippen LogP contribution in [-0.4, -0.2) is 11.9 Å². The van der Waals surface area contributed by atoms with Gasteiger partial charge in [-0.3, -0.25) is 4.79 Å². The topological polar surface area (TPSA) is 26.3 Å². The molecule has 1 rings (SSSR count). The Morgan fingerprint density at radius 2 is 2.55 bits per heavy atom. The molecule has 11 heavy (non-hydrogen) atoms. The zero-order chi connectivity index (χ0) is 8.27. The first-order valence-electron chi connectivity index (χ1n) is 3.13. The highest BCUT2D eigenvalue weighted by atomic mass is 79.9.